The van der Waals surface area contributed by atoms with Crippen LogP contribution in [0.5, 0.6) is 5.75 Å². The minimum absolute atomic E-state index is 0.554. The van der Waals surface area contributed by atoms with Crippen molar-refractivity contribution >= 4 is 15.9 Å². The van der Waals surface area contributed by atoms with E-state index in [0.717, 1.165) is 18.8 Å². The van der Waals surface area contributed by atoms with Crippen LogP contribution in [0.1, 0.15) is 37.8 Å². The summed E-state index contributed by atoms with van der Waals surface area (Å²) in [5.41, 5.74) is 2.62. The van der Waals surface area contributed by atoms with Gasteiger partial charge in [-0.05, 0) is 38.3 Å². The van der Waals surface area contributed by atoms with Gasteiger partial charge in [0.15, 0.2) is 0 Å². The number of ether oxygens (including phenoxy) is 1. The van der Waals surface area contributed by atoms with Gasteiger partial charge in [0.05, 0.1) is 6.61 Å². The second-order valence-electron chi connectivity index (χ2n) is 4.13. The van der Waals surface area contributed by atoms with Crippen LogP contribution >= 0.6 is 15.9 Å². The van der Waals surface area contributed by atoms with Crippen molar-refractivity contribution in [3.63, 3.8) is 0 Å². The normalized spacial score (nSPS) is 12.5. The van der Waals surface area contributed by atoms with Gasteiger partial charge >= 0.3 is 0 Å². The van der Waals surface area contributed by atoms with Crippen molar-refractivity contribution < 1.29 is 4.74 Å². The van der Waals surface area contributed by atoms with Crippen molar-refractivity contribution in [1.82, 2.24) is 0 Å². The van der Waals surface area contributed by atoms with E-state index in [4.69, 9.17) is 4.74 Å². The first-order chi connectivity index (χ1) is 7.67. The van der Waals surface area contributed by atoms with E-state index in [2.05, 4.69) is 48.0 Å². The Morgan fingerprint density at radius 3 is 2.69 bits per heavy atom. The topological polar surface area (TPSA) is 9.23 Å². The SMILES string of the molecule is CCCC(Br)Cc1cc(C)ccc1OCC. The molecule has 0 spiro atoms. The lowest BCUT2D eigenvalue weighted by Crippen LogP contribution is -2.05. The van der Waals surface area contributed by atoms with E-state index < -0.39 is 0 Å². The maximum atomic E-state index is 5.65. The smallest absolute Gasteiger partial charge is 0.122 e. The molecule has 0 saturated carbocycles. The Morgan fingerprint density at radius 1 is 1.31 bits per heavy atom. The maximum Gasteiger partial charge on any atom is 0.122 e. The molecule has 90 valence electrons. The van der Waals surface area contributed by atoms with Gasteiger partial charge in [0, 0.05) is 4.83 Å². The number of hydrogen-bond acceptors (Lipinski definition) is 1. The van der Waals surface area contributed by atoms with Gasteiger partial charge in [-0.1, -0.05) is 47.0 Å². The molecule has 1 rings (SSSR count). The highest BCUT2D eigenvalue weighted by atomic mass is 79.9. The summed E-state index contributed by atoms with van der Waals surface area (Å²) in [5, 5.41) is 0. The summed E-state index contributed by atoms with van der Waals surface area (Å²) < 4.78 is 5.65. The Morgan fingerprint density at radius 2 is 2.06 bits per heavy atom. The molecule has 0 aliphatic carbocycles. The zero-order valence-electron chi connectivity index (χ0n) is 10.4. The first-order valence-corrected chi connectivity index (χ1v) is 6.95. The second kappa shape index (κ2) is 6.95. The van der Waals surface area contributed by atoms with E-state index in [-0.39, 0.29) is 0 Å². The summed E-state index contributed by atoms with van der Waals surface area (Å²) in [5.74, 6) is 1.04. The van der Waals surface area contributed by atoms with Crippen LogP contribution in [0.15, 0.2) is 18.2 Å². The summed E-state index contributed by atoms with van der Waals surface area (Å²) in [7, 11) is 0. The molecule has 0 heterocycles. The number of rotatable bonds is 6. The molecule has 2 heteroatoms. The second-order valence-corrected chi connectivity index (χ2v) is 5.43. The van der Waals surface area contributed by atoms with E-state index in [0.29, 0.717) is 4.83 Å². The Kier molecular flexibility index (Phi) is 5.89. The zero-order valence-corrected chi connectivity index (χ0v) is 12.0. The van der Waals surface area contributed by atoms with Gasteiger partial charge in [-0.25, -0.2) is 0 Å². The van der Waals surface area contributed by atoms with Gasteiger partial charge in [-0.3, -0.25) is 0 Å². The van der Waals surface area contributed by atoms with Gasteiger partial charge in [0.1, 0.15) is 5.75 Å². The Labute approximate surface area is 107 Å². The van der Waals surface area contributed by atoms with Crippen LogP contribution in [0.4, 0.5) is 0 Å². The molecule has 0 aliphatic rings. The number of aryl methyl sites for hydroxylation is 1. The molecule has 0 N–H and O–H groups in total. The molecule has 1 aromatic rings. The molecule has 16 heavy (non-hydrogen) atoms. The molecule has 0 aromatic heterocycles. The summed E-state index contributed by atoms with van der Waals surface area (Å²) in [6.45, 7) is 7.11. The largest absolute Gasteiger partial charge is 0.494 e. The number of hydrogen-bond donors (Lipinski definition) is 0. The van der Waals surface area contributed by atoms with Crippen molar-refractivity contribution in [3.8, 4) is 5.75 Å². The summed E-state index contributed by atoms with van der Waals surface area (Å²) in [6, 6.07) is 6.42. The van der Waals surface area contributed by atoms with Gasteiger partial charge < -0.3 is 4.74 Å². The van der Waals surface area contributed by atoms with Crippen LogP contribution in [0.2, 0.25) is 0 Å². The highest BCUT2D eigenvalue weighted by molar-refractivity contribution is 9.09. The van der Waals surface area contributed by atoms with Crippen molar-refractivity contribution in [2.24, 2.45) is 0 Å². The van der Waals surface area contributed by atoms with E-state index >= 15 is 0 Å². The van der Waals surface area contributed by atoms with E-state index in [1.807, 2.05) is 6.92 Å². The Hall–Kier alpha value is -0.500. The third kappa shape index (κ3) is 4.17. The van der Waals surface area contributed by atoms with E-state index in [1.54, 1.807) is 0 Å². The van der Waals surface area contributed by atoms with Gasteiger partial charge in [0.2, 0.25) is 0 Å². The minimum atomic E-state index is 0.554. The zero-order chi connectivity index (χ0) is 12.0. The third-order valence-corrected chi connectivity index (χ3v) is 3.34. The highest BCUT2D eigenvalue weighted by Gasteiger charge is 2.09. The first kappa shape index (κ1) is 13.6. The Bertz CT molecular complexity index is 323. The lowest BCUT2D eigenvalue weighted by Gasteiger charge is -2.14. The molecule has 0 amide bonds. The summed E-state index contributed by atoms with van der Waals surface area (Å²) in [6.07, 6.45) is 3.47. The van der Waals surface area contributed by atoms with E-state index in [1.165, 1.54) is 24.0 Å². The fraction of sp³-hybridized carbons (Fsp3) is 0.571. The third-order valence-electron chi connectivity index (χ3n) is 2.56. The quantitative estimate of drug-likeness (QED) is 0.699. The fourth-order valence-electron chi connectivity index (χ4n) is 1.82. The van der Waals surface area contributed by atoms with Crippen LogP contribution in [-0.2, 0) is 6.42 Å². The molecule has 0 fully saturated rings. The average molecular weight is 285 g/mol. The molecule has 1 nitrogen and oxygen atoms in total. The predicted octanol–water partition coefficient (Wildman–Crippen LogP) is 4.50. The number of alkyl halides is 1. The highest BCUT2D eigenvalue weighted by Crippen LogP contribution is 2.25. The minimum Gasteiger partial charge on any atom is -0.494 e. The van der Waals surface area contributed by atoms with Crippen LogP contribution in [0.3, 0.4) is 0 Å². The summed E-state index contributed by atoms with van der Waals surface area (Å²) in [4.78, 5) is 0.554. The lowest BCUT2D eigenvalue weighted by atomic mass is 10.0. The van der Waals surface area contributed by atoms with Crippen molar-refractivity contribution in [2.45, 2.75) is 44.9 Å². The van der Waals surface area contributed by atoms with Crippen LogP contribution < -0.4 is 4.74 Å². The van der Waals surface area contributed by atoms with Crippen molar-refractivity contribution in [1.29, 1.82) is 0 Å². The molecule has 0 bridgehead atoms. The predicted molar refractivity (Wildman–Crippen MR) is 73.7 cm³/mol. The van der Waals surface area contributed by atoms with Crippen LogP contribution in [0.25, 0.3) is 0 Å². The van der Waals surface area contributed by atoms with Gasteiger partial charge in [0.25, 0.3) is 0 Å². The monoisotopic (exact) mass is 284 g/mol. The molecule has 0 radical (unpaired) electrons. The average Bonchev–Trinajstić information content (AvgIpc) is 2.22. The maximum absolute atomic E-state index is 5.65. The molecule has 1 unspecified atom stereocenters. The number of benzene rings is 1. The standard InChI is InChI=1S/C14H21BrO/c1-4-6-13(15)10-12-9-11(3)7-8-14(12)16-5-2/h7-9,13H,4-6,10H2,1-3H3. The fourth-order valence-corrected chi connectivity index (χ4v) is 2.62. The van der Waals surface area contributed by atoms with Crippen LogP contribution in [-0.4, -0.2) is 11.4 Å². The lowest BCUT2D eigenvalue weighted by molar-refractivity contribution is 0.336. The summed E-state index contributed by atoms with van der Waals surface area (Å²) >= 11 is 3.73. The molecule has 0 aliphatic heterocycles. The molecular weight excluding hydrogens is 264 g/mol. The van der Waals surface area contributed by atoms with Gasteiger partial charge in [-0.15, -0.1) is 0 Å². The first-order valence-electron chi connectivity index (χ1n) is 6.03. The molecule has 1 atom stereocenters. The number of halogens is 1. The Balaban J connectivity index is 2.78. The van der Waals surface area contributed by atoms with Crippen molar-refractivity contribution in [3.05, 3.63) is 29.3 Å². The molecule has 1 aromatic carbocycles. The molecular formula is C14H21BrO. The molecule has 0 saturated heterocycles. The van der Waals surface area contributed by atoms with Crippen molar-refractivity contribution in [2.75, 3.05) is 6.61 Å². The van der Waals surface area contributed by atoms with E-state index in [9.17, 15) is 0 Å². The van der Waals surface area contributed by atoms with Gasteiger partial charge in [-0.2, -0.15) is 0 Å². The van der Waals surface area contributed by atoms with Crippen LogP contribution in [0, 0.1) is 6.92 Å².